The molecule has 0 atom stereocenters. The van der Waals surface area contributed by atoms with Gasteiger partial charge in [-0.05, 0) is 49.4 Å². The molecule has 0 radical (unpaired) electrons. The van der Waals surface area contributed by atoms with E-state index in [1.54, 1.807) is 0 Å². The van der Waals surface area contributed by atoms with Gasteiger partial charge in [-0.25, -0.2) is 0 Å². The third-order valence-electron chi connectivity index (χ3n) is 6.69. The zero-order valence-electron chi connectivity index (χ0n) is 19.6. The second kappa shape index (κ2) is 9.72. The minimum Gasteiger partial charge on any atom is -0.336 e. The Kier molecular flexibility index (Phi) is 6.78. The number of para-hydroxylation sites is 1. The van der Waals surface area contributed by atoms with Gasteiger partial charge in [0.05, 0.1) is 5.57 Å². The monoisotopic (exact) mass is 430 g/mol. The summed E-state index contributed by atoms with van der Waals surface area (Å²) in [6, 6.07) is 14.3. The summed E-state index contributed by atoms with van der Waals surface area (Å²) in [6.07, 6.45) is 7.65. The van der Waals surface area contributed by atoms with Gasteiger partial charge >= 0.3 is 0 Å². The van der Waals surface area contributed by atoms with Gasteiger partial charge in [-0.15, -0.1) is 0 Å². The lowest BCUT2D eigenvalue weighted by molar-refractivity contribution is -0.137. The van der Waals surface area contributed by atoms with Gasteiger partial charge in [-0.1, -0.05) is 81.0 Å². The number of hydrogen-bond acceptors (Lipinski definition) is 3. The van der Waals surface area contributed by atoms with Crippen LogP contribution in [0.3, 0.4) is 0 Å². The van der Waals surface area contributed by atoms with Crippen LogP contribution >= 0.6 is 0 Å². The number of carbonyl (C=O) groups is 2. The first kappa shape index (κ1) is 22.3. The maximum Gasteiger partial charge on any atom is 0.278 e. The molecule has 0 aromatic heterocycles. The van der Waals surface area contributed by atoms with Crippen molar-refractivity contribution in [2.75, 3.05) is 18.0 Å². The van der Waals surface area contributed by atoms with E-state index >= 15 is 0 Å². The molecule has 4 nitrogen and oxygen atoms in total. The molecule has 0 bridgehead atoms. The van der Waals surface area contributed by atoms with Crippen molar-refractivity contribution < 1.29 is 9.59 Å². The fraction of sp³-hybridized carbons (Fsp3) is 0.429. The number of hydrogen-bond donors (Lipinski definition) is 0. The van der Waals surface area contributed by atoms with Crippen LogP contribution in [0.25, 0.3) is 5.57 Å². The summed E-state index contributed by atoms with van der Waals surface area (Å²) in [5, 5.41) is 0. The van der Waals surface area contributed by atoms with E-state index in [1.165, 1.54) is 29.7 Å². The standard InChI is InChI=1S/C28H34N2O2/c1-4-5-6-7-8-11-17-30-27(31)25(23-15-14-20(2)19-21(23)3)26(28(30)32)29-18-16-22-12-9-10-13-24(22)29/h9-10,12-15,19H,4-8,11,16-18H2,1-3H3. The van der Waals surface area contributed by atoms with Crippen molar-refractivity contribution >= 4 is 23.1 Å². The van der Waals surface area contributed by atoms with Crippen LogP contribution in [-0.4, -0.2) is 29.8 Å². The normalized spacial score (nSPS) is 15.8. The summed E-state index contributed by atoms with van der Waals surface area (Å²) in [5.74, 6) is -0.287. The number of imide groups is 1. The Morgan fingerprint density at radius 2 is 1.62 bits per heavy atom. The predicted molar refractivity (Wildman–Crippen MR) is 130 cm³/mol. The molecule has 2 aromatic rings. The molecule has 168 valence electrons. The minimum atomic E-state index is -0.144. The van der Waals surface area contributed by atoms with Crippen molar-refractivity contribution in [2.45, 2.75) is 65.7 Å². The highest BCUT2D eigenvalue weighted by Crippen LogP contribution is 2.39. The van der Waals surface area contributed by atoms with Gasteiger partial charge in [0.15, 0.2) is 0 Å². The number of amides is 2. The number of rotatable bonds is 9. The number of fused-ring (bicyclic) bond motifs is 1. The minimum absolute atomic E-state index is 0.143. The lowest BCUT2D eigenvalue weighted by atomic mass is 9.97. The van der Waals surface area contributed by atoms with E-state index in [4.69, 9.17) is 0 Å². The highest BCUT2D eigenvalue weighted by molar-refractivity contribution is 6.37. The first-order valence-corrected chi connectivity index (χ1v) is 12.1. The smallest absolute Gasteiger partial charge is 0.278 e. The third-order valence-corrected chi connectivity index (χ3v) is 6.69. The molecule has 0 aliphatic carbocycles. The van der Waals surface area contributed by atoms with Crippen LogP contribution in [0.1, 0.15) is 67.7 Å². The SMILES string of the molecule is CCCCCCCCN1C(=O)C(c2ccc(C)cc2C)=C(N2CCc3ccccc32)C1=O. The van der Waals surface area contributed by atoms with E-state index in [-0.39, 0.29) is 11.8 Å². The lowest BCUT2D eigenvalue weighted by Crippen LogP contribution is -2.35. The molecule has 2 aromatic carbocycles. The van der Waals surface area contributed by atoms with E-state index in [2.05, 4.69) is 36.9 Å². The van der Waals surface area contributed by atoms with Gasteiger partial charge in [0.2, 0.25) is 0 Å². The van der Waals surface area contributed by atoms with Crippen molar-refractivity contribution in [1.29, 1.82) is 0 Å². The van der Waals surface area contributed by atoms with Crippen molar-refractivity contribution in [3.63, 3.8) is 0 Å². The van der Waals surface area contributed by atoms with Crippen molar-refractivity contribution in [2.24, 2.45) is 0 Å². The molecular weight excluding hydrogens is 396 g/mol. The Hall–Kier alpha value is -2.88. The maximum atomic E-state index is 13.6. The average molecular weight is 431 g/mol. The first-order chi connectivity index (χ1) is 15.5. The predicted octanol–water partition coefficient (Wildman–Crippen LogP) is 5.81. The number of nitrogens with zero attached hydrogens (tertiary/aromatic N) is 2. The highest BCUT2D eigenvalue weighted by atomic mass is 16.2. The second-order valence-electron chi connectivity index (χ2n) is 9.10. The fourth-order valence-electron chi connectivity index (χ4n) is 4.97. The molecule has 0 saturated heterocycles. The lowest BCUT2D eigenvalue weighted by Gasteiger charge is -2.22. The summed E-state index contributed by atoms with van der Waals surface area (Å²) < 4.78 is 0. The van der Waals surface area contributed by atoms with E-state index in [0.29, 0.717) is 17.8 Å². The van der Waals surface area contributed by atoms with E-state index in [1.807, 2.05) is 31.2 Å². The van der Waals surface area contributed by atoms with E-state index in [0.717, 1.165) is 54.6 Å². The molecule has 2 amide bonds. The zero-order chi connectivity index (χ0) is 22.7. The Balaban J connectivity index is 1.66. The summed E-state index contributed by atoms with van der Waals surface area (Å²) in [5.41, 5.74) is 6.46. The number of benzene rings is 2. The van der Waals surface area contributed by atoms with Crippen LogP contribution in [0.5, 0.6) is 0 Å². The fourth-order valence-corrected chi connectivity index (χ4v) is 4.97. The maximum absolute atomic E-state index is 13.6. The van der Waals surface area contributed by atoms with Crippen LogP contribution in [0, 0.1) is 13.8 Å². The summed E-state index contributed by atoms with van der Waals surface area (Å²) in [7, 11) is 0. The van der Waals surface area contributed by atoms with Crippen LogP contribution in [0.15, 0.2) is 48.2 Å². The molecule has 2 aliphatic rings. The molecule has 2 aliphatic heterocycles. The largest absolute Gasteiger partial charge is 0.336 e. The van der Waals surface area contributed by atoms with Crippen LogP contribution in [0.4, 0.5) is 5.69 Å². The average Bonchev–Trinajstić information content (AvgIpc) is 3.30. The molecule has 32 heavy (non-hydrogen) atoms. The number of aryl methyl sites for hydroxylation is 2. The Morgan fingerprint density at radius 1 is 0.875 bits per heavy atom. The zero-order valence-corrected chi connectivity index (χ0v) is 19.6. The topological polar surface area (TPSA) is 40.6 Å². The highest BCUT2D eigenvalue weighted by Gasteiger charge is 2.43. The van der Waals surface area contributed by atoms with Crippen molar-refractivity contribution in [1.82, 2.24) is 4.90 Å². The summed E-state index contributed by atoms with van der Waals surface area (Å²) >= 11 is 0. The van der Waals surface area contributed by atoms with Crippen LogP contribution in [-0.2, 0) is 16.0 Å². The molecule has 0 spiro atoms. The number of carbonyl (C=O) groups excluding carboxylic acids is 2. The van der Waals surface area contributed by atoms with Crippen molar-refractivity contribution in [3.8, 4) is 0 Å². The second-order valence-corrected chi connectivity index (χ2v) is 9.10. The molecule has 0 N–H and O–H groups in total. The van der Waals surface area contributed by atoms with Crippen molar-refractivity contribution in [3.05, 3.63) is 70.4 Å². The van der Waals surface area contributed by atoms with Gasteiger partial charge < -0.3 is 4.90 Å². The van der Waals surface area contributed by atoms with E-state index in [9.17, 15) is 9.59 Å². The number of anilines is 1. The van der Waals surface area contributed by atoms with Crippen LogP contribution < -0.4 is 4.90 Å². The third kappa shape index (κ3) is 4.23. The Morgan fingerprint density at radius 3 is 2.41 bits per heavy atom. The van der Waals surface area contributed by atoms with Gasteiger partial charge in [-0.2, -0.15) is 0 Å². The first-order valence-electron chi connectivity index (χ1n) is 12.1. The quantitative estimate of drug-likeness (QED) is 0.372. The molecule has 0 saturated carbocycles. The van der Waals surface area contributed by atoms with Gasteiger partial charge in [0.25, 0.3) is 11.8 Å². The molecule has 0 unspecified atom stereocenters. The molecule has 4 heteroatoms. The Labute approximate surface area is 191 Å². The number of unbranched alkanes of at least 4 members (excludes halogenated alkanes) is 5. The molecular formula is C28H34N2O2. The van der Waals surface area contributed by atoms with E-state index < -0.39 is 0 Å². The summed E-state index contributed by atoms with van der Waals surface area (Å²) in [4.78, 5) is 30.8. The molecule has 4 rings (SSSR count). The van der Waals surface area contributed by atoms with Crippen LogP contribution in [0.2, 0.25) is 0 Å². The van der Waals surface area contributed by atoms with Gasteiger partial charge in [0.1, 0.15) is 5.70 Å². The summed E-state index contributed by atoms with van der Waals surface area (Å²) in [6.45, 7) is 7.51. The molecule has 0 fully saturated rings. The van der Waals surface area contributed by atoms with Gasteiger partial charge in [0, 0.05) is 18.8 Å². The molecule has 2 heterocycles. The van der Waals surface area contributed by atoms with Gasteiger partial charge in [-0.3, -0.25) is 14.5 Å². The Bertz CT molecular complexity index is 1050.